The molecule has 0 aliphatic carbocycles. The van der Waals surface area contributed by atoms with Crippen molar-refractivity contribution in [2.24, 2.45) is 0 Å². The summed E-state index contributed by atoms with van der Waals surface area (Å²) >= 11 is 0. The molecule has 0 saturated carbocycles. The molecule has 0 aromatic heterocycles. The molecule has 0 atom stereocenters. The molecule has 0 radical (unpaired) electrons. The van der Waals surface area contributed by atoms with Crippen LogP contribution in [-0.2, 0) is 14.3 Å². The van der Waals surface area contributed by atoms with E-state index in [1.54, 1.807) is 12.1 Å². The molecule has 0 bridgehead atoms. The first-order valence-corrected chi connectivity index (χ1v) is 9.90. The first kappa shape index (κ1) is 23.6. The minimum atomic E-state index is -1.07. The number of benzene rings is 2. The summed E-state index contributed by atoms with van der Waals surface area (Å²) in [5.41, 5.74) is 0.368. The molecule has 0 unspecified atom stereocenters. The van der Waals surface area contributed by atoms with Gasteiger partial charge >= 0.3 is 5.97 Å². The van der Waals surface area contributed by atoms with Crippen molar-refractivity contribution in [1.82, 2.24) is 10.2 Å². The van der Waals surface area contributed by atoms with Crippen molar-refractivity contribution in [3.05, 3.63) is 69.8 Å². The number of hydrogen-bond acceptors (Lipinski definition) is 7. The van der Waals surface area contributed by atoms with Gasteiger partial charge in [-0.15, -0.1) is 0 Å². The fourth-order valence-electron chi connectivity index (χ4n) is 3.21. The summed E-state index contributed by atoms with van der Waals surface area (Å²) in [6.45, 7) is 0.628. The SMILES string of the molecule is O=C(CNC(=O)c1ccc(F)cc1F)OCC(=O)N1CCN(c2ccc([N+](=O)[O-])cc2)CC1. The largest absolute Gasteiger partial charge is 0.454 e. The molecule has 2 amide bonds. The summed E-state index contributed by atoms with van der Waals surface area (Å²) in [4.78, 5) is 49.7. The highest BCUT2D eigenvalue weighted by molar-refractivity contribution is 5.96. The molecule has 1 aliphatic rings. The Kier molecular flexibility index (Phi) is 7.49. The number of amides is 2. The molecule has 0 spiro atoms. The van der Waals surface area contributed by atoms with Gasteiger partial charge in [0.05, 0.1) is 10.5 Å². The Balaban J connectivity index is 1.39. The van der Waals surface area contributed by atoms with Crippen LogP contribution in [0.3, 0.4) is 0 Å². The summed E-state index contributed by atoms with van der Waals surface area (Å²) in [6, 6.07) is 8.52. The minimum Gasteiger partial charge on any atom is -0.454 e. The number of non-ortho nitro benzene ring substituents is 1. The zero-order valence-corrected chi connectivity index (χ0v) is 17.3. The van der Waals surface area contributed by atoms with E-state index in [1.807, 2.05) is 4.90 Å². The van der Waals surface area contributed by atoms with Crippen molar-refractivity contribution in [3.8, 4) is 0 Å². The van der Waals surface area contributed by atoms with Crippen LogP contribution in [0.25, 0.3) is 0 Å². The van der Waals surface area contributed by atoms with Gasteiger partial charge in [-0.3, -0.25) is 24.5 Å². The summed E-state index contributed by atoms with van der Waals surface area (Å²) in [5.74, 6) is -4.12. The van der Waals surface area contributed by atoms with E-state index >= 15 is 0 Å². The fourth-order valence-corrected chi connectivity index (χ4v) is 3.21. The molecule has 1 heterocycles. The predicted octanol–water partition coefficient (Wildman–Crippen LogP) is 1.49. The maximum absolute atomic E-state index is 13.6. The second-order valence-corrected chi connectivity index (χ2v) is 7.11. The Morgan fingerprint density at radius 1 is 1.03 bits per heavy atom. The van der Waals surface area contributed by atoms with E-state index in [2.05, 4.69) is 5.32 Å². The Morgan fingerprint density at radius 2 is 1.70 bits per heavy atom. The van der Waals surface area contributed by atoms with Crippen LogP contribution in [0.1, 0.15) is 10.4 Å². The third-order valence-corrected chi connectivity index (χ3v) is 4.98. The number of anilines is 1. The third-order valence-electron chi connectivity index (χ3n) is 4.98. The van der Waals surface area contributed by atoms with Crippen molar-refractivity contribution in [2.75, 3.05) is 44.2 Å². The normalized spacial score (nSPS) is 13.4. The van der Waals surface area contributed by atoms with Crippen LogP contribution >= 0.6 is 0 Å². The first-order chi connectivity index (χ1) is 15.7. The standard InChI is InChI=1S/C21H20F2N4O6/c22-14-1-6-17(18(23)11-14)21(30)24-12-20(29)33-13-19(28)26-9-7-25(8-10-26)15-2-4-16(5-3-15)27(31)32/h1-6,11H,7-10,12-13H2,(H,24,30). The highest BCUT2D eigenvalue weighted by atomic mass is 19.1. The van der Waals surface area contributed by atoms with Gasteiger partial charge in [0.25, 0.3) is 17.5 Å². The van der Waals surface area contributed by atoms with Crippen molar-refractivity contribution < 1.29 is 32.8 Å². The van der Waals surface area contributed by atoms with Crippen molar-refractivity contribution in [3.63, 3.8) is 0 Å². The number of carbonyl (C=O) groups excluding carboxylic acids is 3. The second-order valence-electron chi connectivity index (χ2n) is 7.11. The topological polar surface area (TPSA) is 122 Å². The molecule has 3 rings (SSSR count). The number of nitro benzene ring substituents is 1. The summed E-state index contributed by atoms with van der Waals surface area (Å²) in [6.07, 6.45) is 0. The summed E-state index contributed by atoms with van der Waals surface area (Å²) in [7, 11) is 0. The van der Waals surface area contributed by atoms with Crippen LogP contribution in [0.5, 0.6) is 0 Å². The number of halogens is 2. The van der Waals surface area contributed by atoms with Gasteiger partial charge in [0.2, 0.25) is 0 Å². The summed E-state index contributed by atoms with van der Waals surface area (Å²) < 4.78 is 31.3. The number of hydrogen-bond donors (Lipinski definition) is 1. The van der Waals surface area contributed by atoms with Gasteiger partial charge in [-0.25, -0.2) is 8.78 Å². The van der Waals surface area contributed by atoms with Crippen LogP contribution in [-0.4, -0.2) is 66.9 Å². The number of carbonyl (C=O) groups is 3. The van der Waals surface area contributed by atoms with Crippen LogP contribution in [0.4, 0.5) is 20.2 Å². The highest BCUT2D eigenvalue weighted by Crippen LogP contribution is 2.20. The van der Waals surface area contributed by atoms with Crippen molar-refractivity contribution >= 4 is 29.2 Å². The third kappa shape index (κ3) is 6.21. The van der Waals surface area contributed by atoms with E-state index in [-0.39, 0.29) is 5.69 Å². The van der Waals surface area contributed by atoms with E-state index in [4.69, 9.17) is 4.74 Å². The summed E-state index contributed by atoms with van der Waals surface area (Å²) in [5, 5.41) is 12.9. The number of ether oxygens (including phenoxy) is 1. The first-order valence-electron chi connectivity index (χ1n) is 9.90. The van der Waals surface area contributed by atoms with E-state index in [9.17, 15) is 33.3 Å². The van der Waals surface area contributed by atoms with Gasteiger partial charge in [-0.2, -0.15) is 0 Å². The van der Waals surface area contributed by atoms with Crippen LogP contribution in [0.2, 0.25) is 0 Å². The highest BCUT2D eigenvalue weighted by Gasteiger charge is 2.23. The monoisotopic (exact) mass is 462 g/mol. The van der Waals surface area contributed by atoms with Crippen molar-refractivity contribution in [2.45, 2.75) is 0 Å². The molecule has 12 heteroatoms. The van der Waals surface area contributed by atoms with Gasteiger partial charge in [0.15, 0.2) is 6.61 Å². The zero-order chi connectivity index (χ0) is 24.0. The molecular formula is C21H20F2N4O6. The van der Waals surface area contributed by atoms with Gasteiger partial charge in [-0.1, -0.05) is 0 Å². The van der Waals surface area contributed by atoms with E-state index in [0.717, 1.165) is 17.8 Å². The maximum Gasteiger partial charge on any atom is 0.325 e. The fraction of sp³-hybridized carbons (Fsp3) is 0.286. The smallest absolute Gasteiger partial charge is 0.325 e. The van der Waals surface area contributed by atoms with Gasteiger partial charge < -0.3 is 19.9 Å². The Hall–Kier alpha value is -4.09. The number of esters is 1. The van der Waals surface area contributed by atoms with Gasteiger partial charge in [0, 0.05) is 50.1 Å². The molecule has 1 N–H and O–H groups in total. The average Bonchev–Trinajstić information content (AvgIpc) is 2.81. The number of nitrogens with zero attached hydrogens (tertiary/aromatic N) is 3. The number of rotatable bonds is 7. The molecule has 1 saturated heterocycles. The Bertz CT molecular complexity index is 1060. The molecule has 2 aromatic carbocycles. The van der Waals surface area contributed by atoms with E-state index in [0.29, 0.717) is 32.2 Å². The molecule has 1 fully saturated rings. The van der Waals surface area contributed by atoms with Crippen LogP contribution < -0.4 is 10.2 Å². The predicted molar refractivity (Wildman–Crippen MR) is 112 cm³/mol. The molecule has 10 nitrogen and oxygen atoms in total. The Morgan fingerprint density at radius 3 is 2.30 bits per heavy atom. The molecule has 33 heavy (non-hydrogen) atoms. The van der Waals surface area contributed by atoms with Crippen molar-refractivity contribution in [1.29, 1.82) is 0 Å². The minimum absolute atomic E-state index is 0.00614. The number of piperazine rings is 1. The lowest BCUT2D eigenvalue weighted by molar-refractivity contribution is -0.384. The van der Waals surface area contributed by atoms with Crippen LogP contribution in [0, 0.1) is 21.7 Å². The number of nitro groups is 1. The molecule has 174 valence electrons. The average molecular weight is 462 g/mol. The van der Waals surface area contributed by atoms with Gasteiger partial charge in [-0.05, 0) is 24.3 Å². The lowest BCUT2D eigenvalue weighted by atomic mass is 10.2. The quantitative estimate of drug-likeness (QED) is 0.376. The maximum atomic E-state index is 13.6. The van der Waals surface area contributed by atoms with E-state index < -0.39 is 53.1 Å². The lowest BCUT2D eigenvalue weighted by Crippen LogP contribution is -2.50. The van der Waals surface area contributed by atoms with Gasteiger partial charge in [0.1, 0.15) is 18.2 Å². The van der Waals surface area contributed by atoms with E-state index in [1.165, 1.54) is 17.0 Å². The lowest BCUT2D eigenvalue weighted by Gasteiger charge is -2.36. The van der Waals surface area contributed by atoms with Crippen LogP contribution in [0.15, 0.2) is 42.5 Å². The zero-order valence-electron chi connectivity index (χ0n) is 17.3. The molecule has 2 aromatic rings. The Labute approximate surface area is 186 Å². The molecular weight excluding hydrogens is 442 g/mol. The number of nitrogens with one attached hydrogen (secondary N) is 1. The second kappa shape index (κ2) is 10.5. The molecule has 1 aliphatic heterocycles.